The van der Waals surface area contributed by atoms with Crippen LogP contribution < -0.4 is 14.8 Å². The third kappa shape index (κ3) is 5.97. The van der Waals surface area contributed by atoms with Crippen molar-refractivity contribution in [3.8, 4) is 44.3 Å². The van der Waals surface area contributed by atoms with E-state index in [-0.39, 0.29) is 5.69 Å². The molecule has 1 aliphatic heterocycles. The summed E-state index contributed by atoms with van der Waals surface area (Å²) in [5, 5.41) is 13.0. The smallest absolute Gasteiger partial charge is 0.279 e. The van der Waals surface area contributed by atoms with Crippen molar-refractivity contribution >= 4 is 40.1 Å². The molecule has 0 radical (unpaired) electrons. The predicted octanol–water partition coefficient (Wildman–Crippen LogP) is 4.61. The molecule has 2 amide bonds. The van der Waals surface area contributed by atoms with Gasteiger partial charge < -0.3 is 23.4 Å². The van der Waals surface area contributed by atoms with Crippen molar-refractivity contribution in [3.63, 3.8) is 0 Å². The van der Waals surface area contributed by atoms with Gasteiger partial charge in [-0.15, -0.1) is 11.3 Å². The third-order valence-electron chi connectivity index (χ3n) is 5.16. The van der Waals surface area contributed by atoms with Crippen LogP contribution in [0.25, 0.3) is 32.8 Å². The summed E-state index contributed by atoms with van der Waals surface area (Å²) in [6.45, 7) is 2.81. The molecule has 0 saturated carbocycles. The maximum atomic E-state index is 12.7. The SMILES string of the molecule is CN(C)C=O.Cc1nc(NC(=O)c2cc(-c3ccc4c(c3)OCCO4)on2)sc1-c1nc(-c2cccs2)no1. The molecule has 0 bridgehead atoms. The van der Waals surface area contributed by atoms with E-state index in [0.29, 0.717) is 57.9 Å². The Hall–Kier alpha value is -4.56. The van der Waals surface area contributed by atoms with E-state index < -0.39 is 5.91 Å². The summed E-state index contributed by atoms with van der Waals surface area (Å²) in [6.07, 6.45) is 0.750. The molecule has 14 heteroatoms. The van der Waals surface area contributed by atoms with Crippen molar-refractivity contribution < 1.29 is 28.1 Å². The maximum Gasteiger partial charge on any atom is 0.279 e. The van der Waals surface area contributed by atoms with Gasteiger partial charge in [-0.2, -0.15) is 4.98 Å². The van der Waals surface area contributed by atoms with Gasteiger partial charge in [-0.3, -0.25) is 14.9 Å². The second-order valence-electron chi connectivity index (χ2n) is 8.29. The van der Waals surface area contributed by atoms with Crippen LogP contribution >= 0.6 is 22.7 Å². The molecule has 1 aliphatic rings. The van der Waals surface area contributed by atoms with Crippen LogP contribution in [0.4, 0.5) is 5.13 Å². The number of aryl methyl sites for hydroxylation is 1. The summed E-state index contributed by atoms with van der Waals surface area (Å²) < 4.78 is 21.9. The van der Waals surface area contributed by atoms with E-state index in [1.807, 2.05) is 30.5 Å². The molecule has 12 nitrogen and oxygen atoms in total. The summed E-state index contributed by atoms with van der Waals surface area (Å²) in [6, 6.07) is 10.8. The Bertz CT molecular complexity index is 1590. The number of thiazole rings is 1. The largest absolute Gasteiger partial charge is 0.486 e. The van der Waals surface area contributed by atoms with Crippen molar-refractivity contribution in [2.24, 2.45) is 0 Å². The molecule has 1 aromatic carbocycles. The molecule has 1 N–H and O–H groups in total. The first-order valence-electron chi connectivity index (χ1n) is 11.6. The summed E-state index contributed by atoms with van der Waals surface area (Å²) in [4.78, 5) is 34.1. The van der Waals surface area contributed by atoms with Gasteiger partial charge in [-0.05, 0) is 36.6 Å². The van der Waals surface area contributed by atoms with Crippen LogP contribution in [0, 0.1) is 6.92 Å². The fraction of sp³-hybridized carbons (Fsp3) is 0.200. The first-order chi connectivity index (χ1) is 18.9. The number of carbonyl (C=O) groups excluding carboxylic acids is 2. The van der Waals surface area contributed by atoms with Gasteiger partial charge in [0.2, 0.25) is 12.2 Å². The topological polar surface area (TPSA) is 146 Å². The van der Waals surface area contributed by atoms with Gasteiger partial charge in [0.05, 0.1) is 10.6 Å². The Morgan fingerprint density at radius 3 is 2.59 bits per heavy atom. The highest BCUT2D eigenvalue weighted by Crippen LogP contribution is 2.36. The number of fused-ring (bicyclic) bond motifs is 1. The highest BCUT2D eigenvalue weighted by atomic mass is 32.1. The number of benzene rings is 1. The number of anilines is 1. The second-order valence-corrected chi connectivity index (χ2v) is 10.2. The average molecular weight is 567 g/mol. The third-order valence-corrected chi connectivity index (χ3v) is 7.09. The van der Waals surface area contributed by atoms with E-state index in [4.69, 9.17) is 18.5 Å². The number of hydrogen-bond donors (Lipinski definition) is 1. The lowest BCUT2D eigenvalue weighted by molar-refractivity contribution is -0.115. The average Bonchev–Trinajstić information content (AvgIpc) is 3.75. The summed E-state index contributed by atoms with van der Waals surface area (Å²) >= 11 is 2.76. The number of rotatable bonds is 6. The zero-order valence-electron chi connectivity index (χ0n) is 21.0. The number of carbonyl (C=O) groups is 2. The normalized spacial score (nSPS) is 11.9. The minimum atomic E-state index is -0.447. The fourth-order valence-corrected chi connectivity index (χ4v) is 4.88. The molecule has 4 aromatic heterocycles. The first kappa shape index (κ1) is 26.1. The summed E-state index contributed by atoms with van der Waals surface area (Å²) in [7, 11) is 3.38. The van der Waals surface area contributed by atoms with Crippen LogP contribution in [-0.4, -0.2) is 64.8 Å². The number of nitrogens with zero attached hydrogens (tertiary/aromatic N) is 5. The number of ether oxygens (including phenoxy) is 2. The number of thiophene rings is 1. The van der Waals surface area contributed by atoms with Crippen LogP contribution in [0.1, 0.15) is 16.2 Å². The molecule has 0 fully saturated rings. The minimum absolute atomic E-state index is 0.122. The van der Waals surface area contributed by atoms with Gasteiger partial charge in [0, 0.05) is 25.7 Å². The Kier molecular flexibility index (Phi) is 7.65. The van der Waals surface area contributed by atoms with Crippen molar-refractivity contribution in [1.82, 2.24) is 25.2 Å². The standard InChI is InChI=1S/C22H15N5O5S2.C3H7NO/c1-11-18(21-24-19(27-32-21)17-3-2-8-33-17)34-22(23-11)25-20(28)13-10-15(31-26-13)12-4-5-14-16(9-12)30-7-6-29-14;1-4(2)3-5/h2-5,8-10H,6-7H2,1H3,(H,23,25,28);3H,1-2H3. The Morgan fingerprint density at radius 1 is 1.05 bits per heavy atom. The molecular weight excluding hydrogens is 544 g/mol. The molecule has 5 heterocycles. The van der Waals surface area contributed by atoms with Crippen LogP contribution in [-0.2, 0) is 4.79 Å². The lowest BCUT2D eigenvalue weighted by atomic mass is 10.1. The second kappa shape index (κ2) is 11.4. The zero-order valence-corrected chi connectivity index (χ0v) is 22.7. The Morgan fingerprint density at radius 2 is 1.85 bits per heavy atom. The van der Waals surface area contributed by atoms with Gasteiger partial charge in [-0.25, -0.2) is 4.98 Å². The molecule has 200 valence electrons. The molecule has 0 unspecified atom stereocenters. The molecule has 0 spiro atoms. The van der Waals surface area contributed by atoms with Crippen LogP contribution in [0.5, 0.6) is 11.5 Å². The highest BCUT2D eigenvalue weighted by molar-refractivity contribution is 7.19. The molecule has 6 rings (SSSR count). The molecule has 39 heavy (non-hydrogen) atoms. The number of hydrogen-bond acceptors (Lipinski definition) is 12. The van der Waals surface area contributed by atoms with E-state index in [2.05, 4.69) is 25.6 Å². The first-order valence-corrected chi connectivity index (χ1v) is 13.3. The minimum Gasteiger partial charge on any atom is -0.486 e. The van der Waals surface area contributed by atoms with E-state index in [9.17, 15) is 9.59 Å². The van der Waals surface area contributed by atoms with Gasteiger partial charge >= 0.3 is 0 Å². The summed E-state index contributed by atoms with van der Waals surface area (Å²) in [5.74, 6) is 2.15. The zero-order chi connectivity index (χ0) is 27.4. The fourth-order valence-electron chi connectivity index (χ4n) is 3.35. The lowest BCUT2D eigenvalue weighted by Crippen LogP contribution is -2.15. The van der Waals surface area contributed by atoms with Gasteiger partial charge in [0.25, 0.3) is 11.8 Å². The highest BCUT2D eigenvalue weighted by Gasteiger charge is 2.21. The maximum absolute atomic E-state index is 12.7. The van der Waals surface area contributed by atoms with Crippen LogP contribution in [0.2, 0.25) is 0 Å². The predicted molar refractivity (Wildman–Crippen MR) is 144 cm³/mol. The van der Waals surface area contributed by atoms with Gasteiger partial charge in [0.15, 0.2) is 28.1 Å². The van der Waals surface area contributed by atoms with Crippen molar-refractivity contribution in [2.45, 2.75) is 6.92 Å². The van der Waals surface area contributed by atoms with Crippen molar-refractivity contribution in [1.29, 1.82) is 0 Å². The van der Waals surface area contributed by atoms with E-state index in [1.54, 1.807) is 32.3 Å². The van der Waals surface area contributed by atoms with Crippen molar-refractivity contribution in [2.75, 3.05) is 32.6 Å². The molecule has 0 saturated heterocycles. The number of aromatic nitrogens is 4. The van der Waals surface area contributed by atoms with Gasteiger partial charge in [0.1, 0.15) is 18.1 Å². The quantitative estimate of drug-likeness (QED) is 0.289. The molecule has 0 atom stereocenters. The number of amides is 2. The van der Waals surface area contributed by atoms with E-state index in [1.165, 1.54) is 27.6 Å². The van der Waals surface area contributed by atoms with Gasteiger partial charge in [-0.1, -0.05) is 27.7 Å². The summed E-state index contributed by atoms with van der Waals surface area (Å²) in [5.41, 5.74) is 1.51. The van der Waals surface area contributed by atoms with Crippen LogP contribution in [0.15, 0.2) is 50.8 Å². The Labute approximate surface area is 230 Å². The molecular formula is C25H22N6O6S2. The molecule has 5 aromatic rings. The Balaban J connectivity index is 0.000000567. The monoisotopic (exact) mass is 566 g/mol. The molecule has 0 aliphatic carbocycles. The van der Waals surface area contributed by atoms with E-state index in [0.717, 1.165) is 16.9 Å². The van der Waals surface area contributed by atoms with Crippen LogP contribution in [0.3, 0.4) is 0 Å². The van der Waals surface area contributed by atoms with Crippen molar-refractivity contribution in [3.05, 3.63) is 53.2 Å². The van der Waals surface area contributed by atoms with E-state index >= 15 is 0 Å². The lowest BCUT2D eigenvalue weighted by Gasteiger charge is -2.18. The number of nitrogens with one attached hydrogen (secondary N) is 1.